The van der Waals surface area contributed by atoms with Gasteiger partial charge in [0.25, 0.3) is 5.69 Å². The number of benzene rings is 2. The van der Waals surface area contributed by atoms with Crippen molar-refractivity contribution in [1.29, 1.82) is 0 Å². The van der Waals surface area contributed by atoms with Gasteiger partial charge in [-0.05, 0) is 43.4 Å². The Morgan fingerprint density at radius 1 is 0.871 bits per heavy atom. The molecule has 0 amide bonds. The van der Waals surface area contributed by atoms with E-state index >= 15 is 0 Å². The summed E-state index contributed by atoms with van der Waals surface area (Å²) >= 11 is 0. The first-order chi connectivity index (χ1) is 14.2. The SMILES string of the molecule is C1=C\CCCC\C=C/1.O=[N+]([O-])c1ccc(N2C=CN(Cc3ccccc3)C2)cc1.[I-].[Rh+]. The first kappa shape index (κ1) is 27.0. The predicted molar refractivity (Wildman–Crippen MR) is 118 cm³/mol. The van der Waals surface area contributed by atoms with Gasteiger partial charge in [0.2, 0.25) is 0 Å². The van der Waals surface area contributed by atoms with Gasteiger partial charge in [-0.15, -0.1) is 0 Å². The molecule has 0 radical (unpaired) electrons. The van der Waals surface area contributed by atoms with Crippen LogP contribution in [0.25, 0.3) is 0 Å². The molecule has 1 aliphatic carbocycles. The fourth-order valence-corrected chi connectivity index (χ4v) is 3.19. The van der Waals surface area contributed by atoms with E-state index in [-0.39, 0.29) is 54.1 Å². The van der Waals surface area contributed by atoms with Crippen molar-refractivity contribution in [3.05, 3.63) is 107 Å². The van der Waals surface area contributed by atoms with E-state index in [1.165, 1.54) is 43.4 Å². The van der Waals surface area contributed by atoms with Crippen LogP contribution in [0.3, 0.4) is 0 Å². The number of nitrogens with zero attached hydrogens (tertiary/aromatic N) is 3. The van der Waals surface area contributed by atoms with Gasteiger partial charge in [0.05, 0.1) is 11.6 Å². The molecule has 2 aromatic rings. The Hall–Kier alpha value is -1.99. The van der Waals surface area contributed by atoms with E-state index in [4.69, 9.17) is 0 Å². The predicted octanol–water partition coefficient (Wildman–Crippen LogP) is 3.02. The first-order valence-electron chi connectivity index (χ1n) is 10.0. The van der Waals surface area contributed by atoms with Crippen molar-refractivity contribution in [3.8, 4) is 0 Å². The number of nitro benzene ring substituents is 1. The number of non-ortho nitro benzene ring substituents is 1. The Balaban J connectivity index is 0.000000410. The molecule has 0 spiro atoms. The molecule has 4 rings (SSSR count). The van der Waals surface area contributed by atoms with Crippen LogP contribution in [0.4, 0.5) is 11.4 Å². The van der Waals surface area contributed by atoms with Crippen molar-refractivity contribution in [2.45, 2.75) is 32.2 Å². The van der Waals surface area contributed by atoms with Crippen LogP contribution in [-0.4, -0.2) is 16.5 Å². The quantitative estimate of drug-likeness (QED) is 0.229. The second-order valence-electron chi connectivity index (χ2n) is 7.06. The third kappa shape index (κ3) is 9.36. The summed E-state index contributed by atoms with van der Waals surface area (Å²) in [5.74, 6) is 0. The van der Waals surface area contributed by atoms with Crippen LogP contribution in [0.15, 0.2) is 91.3 Å². The molecule has 0 aromatic heterocycles. The zero-order valence-electron chi connectivity index (χ0n) is 17.3. The van der Waals surface area contributed by atoms with Crippen molar-refractivity contribution in [3.63, 3.8) is 0 Å². The van der Waals surface area contributed by atoms with Gasteiger partial charge in [0.1, 0.15) is 0 Å². The molecule has 2 aromatic carbocycles. The number of anilines is 1. The van der Waals surface area contributed by atoms with Gasteiger partial charge in [-0.2, -0.15) is 0 Å². The standard InChI is InChI=1S/C16H15N3O2.C8H12.HI.Rh/c20-19(21)16-8-6-15(7-9-16)18-11-10-17(13-18)12-14-4-2-1-3-5-14;1-2-4-6-8-7-5-3-1;;/h1-11H,12-13H2;1-4H,5-8H2;1H;/q;;;+1/p-1/b;3-1-,4-2-;;. The molecular weight excluding hydrogens is 592 g/mol. The molecule has 7 heteroatoms. The van der Waals surface area contributed by atoms with Crippen LogP contribution >= 0.6 is 0 Å². The van der Waals surface area contributed by atoms with Gasteiger partial charge < -0.3 is 33.8 Å². The molecule has 0 N–H and O–H groups in total. The second-order valence-corrected chi connectivity index (χ2v) is 7.06. The molecule has 1 aliphatic heterocycles. The van der Waals surface area contributed by atoms with Gasteiger partial charge in [0, 0.05) is 36.8 Å². The summed E-state index contributed by atoms with van der Waals surface area (Å²) in [6.07, 6.45) is 18.0. The Morgan fingerprint density at radius 2 is 1.48 bits per heavy atom. The summed E-state index contributed by atoms with van der Waals surface area (Å²) in [4.78, 5) is 14.5. The zero-order chi connectivity index (χ0) is 20.3. The summed E-state index contributed by atoms with van der Waals surface area (Å²) in [6, 6.07) is 16.9. The molecular formula is C24H27IN3O2Rh. The maximum absolute atomic E-state index is 10.7. The van der Waals surface area contributed by atoms with E-state index in [1.54, 1.807) is 12.1 Å². The van der Waals surface area contributed by atoms with Gasteiger partial charge in [-0.25, -0.2) is 0 Å². The minimum Gasteiger partial charge on any atom is -1.00 e. The first-order valence-corrected chi connectivity index (χ1v) is 10.0. The average molecular weight is 619 g/mol. The summed E-state index contributed by atoms with van der Waals surface area (Å²) < 4.78 is 0. The summed E-state index contributed by atoms with van der Waals surface area (Å²) in [7, 11) is 0. The Bertz CT molecular complexity index is 856. The molecule has 2 aliphatic rings. The van der Waals surface area contributed by atoms with Crippen LogP contribution in [0.2, 0.25) is 0 Å². The molecule has 0 atom stereocenters. The fraction of sp³-hybridized carbons (Fsp3) is 0.250. The average Bonchev–Trinajstić information content (AvgIpc) is 3.17. The van der Waals surface area contributed by atoms with E-state index in [0.29, 0.717) is 0 Å². The van der Waals surface area contributed by atoms with Gasteiger partial charge in [-0.1, -0.05) is 54.6 Å². The van der Waals surface area contributed by atoms with Crippen LogP contribution < -0.4 is 28.9 Å². The van der Waals surface area contributed by atoms with Gasteiger partial charge in [0.15, 0.2) is 0 Å². The smallest absolute Gasteiger partial charge is 1.00 e. The maximum Gasteiger partial charge on any atom is 1.00 e. The molecule has 166 valence electrons. The van der Waals surface area contributed by atoms with Crippen molar-refractivity contribution >= 4 is 11.4 Å². The number of allylic oxidation sites excluding steroid dienone is 4. The van der Waals surface area contributed by atoms with Crippen LogP contribution in [0.1, 0.15) is 31.2 Å². The van der Waals surface area contributed by atoms with Crippen LogP contribution in [0.5, 0.6) is 0 Å². The fourth-order valence-electron chi connectivity index (χ4n) is 3.19. The van der Waals surface area contributed by atoms with E-state index < -0.39 is 0 Å². The van der Waals surface area contributed by atoms with E-state index in [9.17, 15) is 10.1 Å². The molecule has 5 nitrogen and oxygen atoms in total. The number of halogens is 1. The Labute approximate surface area is 214 Å². The van der Waals surface area contributed by atoms with Gasteiger partial charge in [-0.3, -0.25) is 10.1 Å². The molecule has 31 heavy (non-hydrogen) atoms. The normalized spacial score (nSPS) is 16.5. The van der Waals surface area contributed by atoms with Crippen molar-refractivity contribution < 1.29 is 48.4 Å². The number of nitro groups is 1. The number of hydrogen-bond acceptors (Lipinski definition) is 4. The molecule has 0 saturated carbocycles. The van der Waals surface area contributed by atoms with E-state index in [0.717, 1.165) is 18.9 Å². The second kappa shape index (κ2) is 14.9. The molecule has 0 fully saturated rings. The molecule has 0 bridgehead atoms. The van der Waals surface area contributed by atoms with E-state index in [1.807, 2.05) is 30.6 Å². The van der Waals surface area contributed by atoms with Crippen molar-refractivity contribution in [2.75, 3.05) is 11.6 Å². The maximum atomic E-state index is 10.7. The largest absolute Gasteiger partial charge is 1.00 e. The Morgan fingerprint density at radius 3 is 2.06 bits per heavy atom. The topological polar surface area (TPSA) is 49.6 Å². The third-order valence-electron chi connectivity index (χ3n) is 4.79. The van der Waals surface area contributed by atoms with Gasteiger partial charge >= 0.3 is 19.5 Å². The molecule has 1 heterocycles. The van der Waals surface area contributed by atoms with E-state index in [2.05, 4.69) is 46.2 Å². The summed E-state index contributed by atoms with van der Waals surface area (Å²) in [5.41, 5.74) is 2.32. The third-order valence-corrected chi connectivity index (χ3v) is 4.79. The molecule has 0 unspecified atom stereocenters. The summed E-state index contributed by atoms with van der Waals surface area (Å²) in [5, 5.41) is 10.7. The molecule has 0 saturated heterocycles. The van der Waals surface area contributed by atoms with Crippen molar-refractivity contribution in [2.24, 2.45) is 0 Å². The summed E-state index contributed by atoms with van der Waals surface area (Å²) in [6.45, 7) is 1.59. The van der Waals surface area contributed by atoms with Crippen LogP contribution in [0, 0.1) is 10.1 Å². The number of rotatable bonds is 4. The minimum absolute atomic E-state index is 0. The minimum atomic E-state index is -0.384. The monoisotopic (exact) mass is 619 g/mol. The zero-order valence-corrected chi connectivity index (χ0v) is 21.1. The van der Waals surface area contributed by atoms with Crippen molar-refractivity contribution in [1.82, 2.24) is 4.90 Å². The van der Waals surface area contributed by atoms with Crippen LogP contribution in [-0.2, 0) is 26.0 Å². The number of hydrogen-bond donors (Lipinski definition) is 0. The Kier molecular flexibility index (Phi) is 13.0.